The van der Waals surface area contributed by atoms with Gasteiger partial charge in [0.25, 0.3) is 11.8 Å². The Labute approximate surface area is 196 Å². The van der Waals surface area contributed by atoms with Crippen molar-refractivity contribution in [2.24, 2.45) is 28.8 Å². The average molecular weight is 453 g/mol. The minimum Gasteiger partial charge on any atom is -0.478 e. The summed E-state index contributed by atoms with van der Waals surface area (Å²) in [6, 6.07) is 14.8. The second-order valence-electron chi connectivity index (χ2n) is 9.34. The molecule has 6 rings (SSSR count). The van der Waals surface area contributed by atoms with Gasteiger partial charge in [-0.15, -0.1) is 0 Å². The number of hydrogen-bond acceptors (Lipinski definition) is 4. The van der Waals surface area contributed by atoms with Crippen LogP contribution in [0.1, 0.15) is 33.6 Å². The Morgan fingerprint density at radius 1 is 1.03 bits per heavy atom. The Balaban J connectivity index is 1.33. The summed E-state index contributed by atoms with van der Waals surface area (Å²) in [5, 5.41) is 15.6. The van der Waals surface area contributed by atoms with E-state index in [0.29, 0.717) is 6.54 Å². The van der Waals surface area contributed by atoms with Gasteiger partial charge in [0.1, 0.15) is 0 Å². The lowest BCUT2D eigenvalue weighted by Gasteiger charge is -2.13. The topological polar surface area (TPSA) is 92.0 Å². The van der Waals surface area contributed by atoms with Crippen LogP contribution in [0.15, 0.2) is 65.8 Å². The molecule has 1 aliphatic heterocycles. The maximum Gasteiger partial charge on any atom is 0.335 e. The molecule has 3 aromatic rings. The van der Waals surface area contributed by atoms with Gasteiger partial charge in [-0.1, -0.05) is 42.5 Å². The number of rotatable bonds is 5. The molecule has 0 unspecified atom stereocenters. The summed E-state index contributed by atoms with van der Waals surface area (Å²) < 4.78 is 2.14. The number of aromatic nitrogens is 1. The van der Waals surface area contributed by atoms with Crippen LogP contribution in [-0.2, 0) is 16.1 Å². The molecule has 2 amide bonds. The van der Waals surface area contributed by atoms with Crippen molar-refractivity contribution < 1.29 is 19.5 Å². The number of amides is 2. The molecule has 0 radical (unpaired) electrons. The van der Waals surface area contributed by atoms with Crippen molar-refractivity contribution >= 4 is 34.9 Å². The van der Waals surface area contributed by atoms with Gasteiger partial charge in [0, 0.05) is 28.7 Å². The summed E-state index contributed by atoms with van der Waals surface area (Å²) in [6.07, 6.45) is 6.67. The first-order chi connectivity index (χ1) is 16.4. The first-order valence-corrected chi connectivity index (χ1v) is 11.4. The number of carboxylic acid groups (broad SMARTS) is 1. The Morgan fingerprint density at radius 3 is 2.32 bits per heavy atom. The number of hydrogen-bond donors (Lipinski definition) is 1. The lowest BCUT2D eigenvalue weighted by atomic mass is 9.85. The smallest absolute Gasteiger partial charge is 0.335 e. The number of nitrogens with zero attached hydrogens (tertiary/aromatic N) is 3. The number of aromatic carboxylic acids is 1. The minimum absolute atomic E-state index is 0.155. The zero-order valence-electron chi connectivity index (χ0n) is 18.6. The molecule has 3 aliphatic rings. The summed E-state index contributed by atoms with van der Waals surface area (Å²) in [4.78, 5) is 37.1. The first-order valence-electron chi connectivity index (χ1n) is 11.4. The number of benzene rings is 2. The van der Waals surface area contributed by atoms with Gasteiger partial charge < -0.3 is 9.67 Å². The maximum absolute atomic E-state index is 13.0. The largest absolute Gasteiger partial charge is 0.478 e. The molecule has 7 nitrogen and oxygen atoms in total. The zero-order valence-corrected chi connectivity index (χ0v) is 18.6. The summed E-state index contributed by atoms with van der Waals surface area (Å²) in [6.45, 7) is 2.54. The second kappa shape index (κ2) is 7.52. The van der Waals surface area contributed by atoms with E-state index in [1.165, 1.54) is 0 Å². The van der Waals surface area contributed by atoms with Gasteiger partial charge in [-0.05, 0) is 48.9 Å². The molecule has 2 heterocycles. The number of carboxylic acids is 1. The van der Waals surface area contributed by atoms with E-state index in [4.69, 9.17) is 5.11 Å². The van der Waals surface area contributed by atoms with Crippen LogP contribution >= 0.6 is 0 Å². The Bertz CT molecular complexity index is 1390. The van der Waals surface area contributed by atoms with E-state index < -0.39 is 5.97 Å². The number of allylic oxidation sites excluding steroid dienone is 2. The van der Waals surface area contributed by atoms with Crippen LogP contribution in [0.2, 0.25) is 0 Å². The van der Waals surface area contributed by atoms with E-state index in [1.807, 2.05) is 43.3 Å². The normalized spacial score (nSPS) is 25.3. The molecule has 7 heteroatoms. The highest BCUT2D eigenvalue weighted by Gasteiger charge is 2.59. The van der Waals surface area contributed by atoms with Crippen molar-refractivity contribution in [2.75, 3.05) is 0 Å². The summed E-state index contributed by atoms with van der Waals surface area (Å²) >= 11 is 0. The van der Waals surface area contributed by atoms with E-state index in [2.05, 4.69) is 21.8 Å². The molecule has 1 saturated heterocycles. The molecule has 170 valence electrons. The molecule has 1 N–H and O–H groups in total. The number of para-hydroxylation sites is 1. The molecule has 0 spiro atoms. The van der Waals surface area contributed by atoms with Crippen molar-refractivity contribution in [3.63, 3.8) is 0 Å². The third-order valence-electron chi connectivity index (χ3n) is 7.57. The van der Waals surface area contributed by atoms with Crippen molar-refractivity contribution in [2.45, 2.75) is 19.9 Å². The van der Waals surface area contributed by atoms with E-state index in [-0.39, 0.29) is 41.0 Å². The third kappa shape index (κ3) is 2.96. The van der Waals surface area contributed by atoms with Crippen LogP contribution in [0.25, 0.3) is 10.9 Å². The van der Waals surface area contributed by atoms with Crippen LogP contribution < -0.4 is 0 Å². The van der Waals surface area contributed by atoms with Gasteiger partial charge in [-0.2, -0.15) is 10.1 Å². The Kier molecular flexibility index (Phi) is 4.55. The van der Waals surface area contributed by atoms with Crippen molar-refractivity contribution in [3.8, 4) is 0 Å². The summed E-state index contributed by atoms with van der Waals surface area (Å²) in [5.41, 5.74) is 4.03. The highest BCUT2D eigenvalue weighted by molar-refractivity contribution is 6.08. The fourth-order valence-electron chi connectivity index (χ4n) is 5.88. The van der Waals surface area contributed by atoms with Gasteiger partial charge in [0.15, 0.2) is 0 Å². The Morgan fingerprint density at radius 2 is 1.68 bits per heavy atom. The Hall–Kier alpha value is -4.00. The molecule has 4 atom stereocenters. The molecular weight excluding hydrogens is 430 g/mol. The number of hydrazone groups is 1. The van der Waals surface area contributed by atoms with Crippen molar-refractivity contribution in [1.29, 1.82) is 0 Å². The minimum atomic E-state index is -0.952. The first kappa shape index (κ1) is 20.6. The van der Waals surface area contributed by atoms with Gasteiger partial charge in [-0.3, -0.25) is 9.59 Å². The van der Waals surface area contributed by atoms with Crippen molar-refractivity contribution in [3.05, 3.63) is 83.1 Å². The molecular formula is C27H23N3O4. The summed E-state index contributed by atoms with van der Waals surface area (Å²) in [5.74, 6) is -1.56. The van der Waals surface area contributed by atoms with Gasteiger partial charge >= 0.3 is 5.97 Å². The standard InChI is InChI=1S/C27H23N3O4/c1-15-21(13-28-30-25(31)23-18-10-11-19(12-18)24(23)26(30)32)20-4-2-3-5-22(20)29(15)14-16-6-8-17(9-7-16)27(33)34/h2-11,13,18-19,23-24H,12,14H2,1H3,(H,33,34)/t18-,19-,23-,24+/m0/s1. The van der Waals surface area contributed by atoms with Crippen LogP contribution in [0.5, 0.6) is 0 Å². The zero-order chi connectivity index (χ0) is 23.6. The maximum atomic E-state index is 13.0. The molecule has 2 fully saturated rings. The highest BCUT2D eigenvalue weighted by atomic mass is 16.4. The van der Waals surface area contributed by atoms with E-state index in [0.717, 1.165) is 39.2 Å². The number of carbonyl (C=O) groups is 3. The van der Waals surface area contributed by atoms with E-state index >= 15 is 0 Å². The molecule has 2 aliphatic carbocycles. The van der Waals surface area contributed by atoms with E-state index in [9.17, 15) is 14.4 Å². The number of carbonyl (C=O) groups excluding carboxylic acids is 2. The monoisotopic (exact) mass is 453 g/mol. The predicted molar refractivity (Wildman–Crippen MR) is 126 cm³/mol. The molecule has 34 heavy (non-hydrogen) atoms. The predicted octanol–water partition coefficient (Wildman–Crippen LogP) is 3.84. The molecule has 1 saturated carbocycles. The van der Waals surface area contributed by atoms with Crippen LogP contribution in [0, 0.1) is 30.6 Å². The SMILES string of the molecule is Cc1c(C=NN2C(=O)[C@@H]3[C@H](C2=O)[C@H]2C=C[C@H]3C2)c2ccccc2n1Cc1ccc(C(=O)O)cc1. The average Bonchev–Trinajstić information content (AvgIpc) is 3.57. The van der Waals surface area contributed by atoms with Gasteiger partial charge in [0.2, 0.25) is 0 Å². The lowest BCUT2D eigenvalue weighted by molar-refractivity contribution is -0.140. The fraction of sp³-hybridized carbons (Fsp3) is 0.259. The fourth-order valence-corrected chi connectivity index (χ4v) is 5.88. The summed E-state index contributed by atoms with van der Waals surface area (Å²) in [7, 11) is 0. The molecule has 1 aromatic heterocycles. The van der Waals surface area contributed by atoms with Crippen LogP contribution in [0.4, 0.5) is 0 Å². The number of imide groups is 1. The van der Waals surface area contributed by atoms with Crippen LogP contribution in [0.3, 0.4) is 0 Å². The van der Waals surface area contributed by atoms with Gasteiger partial charge in [0.05, 0.1) is 23.6 Å². The van der Waals surface area contributed by atoms with E-state index in [1.54, 1.807) is 18.3 Å². The van der Waals surface area contributed by atoms with Gasteiger partial charge in [-0.25, -0.2) is 4.79 Å². The molecule has 2 bridgehead atoms. The second-order valence-corrected chi connectivity index (χ2v) is 9.34. The lowest BCUT2D eigenvalue weighted by Crippen LogP contribution is -2.28. The highest BCUT2D eigenvalue weighted by Crippen LogP contribution is 2.52. The number of fused-ring (bicyclic) bond motifs is 6. The third-order valence-corrected chi connectivity index (χ3v) is 7.57. The molecule has 2 aromatic carbocycles. The quantitative estimate of drug-likeness (QED) is 0.361. The van der Waals surface area contributed by atoms with Crippen molar-refractivity contribution in [1.82, 2.24) is 9.58 Å². The van der Waals surface area contributed by atoms with Crippen LogP contribution in [-0.4, -0.2) is 38.7 Å².